The maximum absolute atomic E-state index is 14.3. The van der Waals surface area contributed by atoms with E-state index < -0.39 is 5.82 Å². The van der Waals surface area contributed by atoms with E-state index in [0.29, 0.717) is 26.5 Å². The number of thiazole rings is 1. The highest BCUT2D eigenvalue weighted by Gasteiger charge is 2.14. The van der Waals surface area contributed by atoms with Crippen molar-refractivity contribution in [1.29, 1.82) is 0 Å². The molecule has 0 unspecified atom stereocenters. The van der Waals surface area contributed by atoms with Crippen LogP contribution in [0.1, 0.15) is 17.3 Å². The van der Waals surface area contributed by atoms with E-state index in [2.05, 4.69) is 31.5 Å². The van der Waals surface area contributed by atoms with Crippen molar-refractivity contribution in [2.45, 2.75) is 6.92 Å². The van der Waals surface area contributed by atoms with Gasteiger partial charge < -0.3 is 5.32 Å². The number of nitrogens with one attached hydrogen (secondary N) is 2. The normalized spacial score (nSPS) is 10.4. The highest BCUT2D eigenvalue weighted by atomic mass is 79.9. The van der Waals surface area contributed by atoms with Crippen LogP contribution in [-0.4, -0.2) is 16.8 Å². The SMILES string of the molecule is CC(=O)Nc1ccc(-c2csc(NC(=O)c3ccccc3Br)n2)c(F)c1. The summed E-state index contributed by atoms with van der Waals surface area (Å²) in [5.74, 6) is -1.09. The van der Waals surface area contributed by atoms with Crippen molar-refractivity contribution in [3.05, 3.63) is 63.7 Å². The molecule has 3 rings (SSSR count). The van der Waals surface area contributed by atoms with Gasteiger partial charge in [0.1, 0.15) is 5.82 Å². The maximum atomic E-state index is 14.3. The Balaban J connectivity index is 1.79. The molecule has 2 N–H and O–H groups in total. The number of carbonyl (C=O) groups excluding carboxylic acids is 2. The molecule has 1 heterocycles. The van der Waals surface area contributed by atoms with Crippen LogP contribution < -0.4 is 10.6 Å². The lowest BCUT2D eigenvalue weighted by molar-refractivity contribution is -0.114. The molecule has 0 aliphatic carbocycles. The number of amides is 2. The lowest BCUT2D eigenvalue weighted by Gasteiger charge is -2.05. The van der Waals surface area contributed by atoms with Crippen molar-refractivity contribution in [2.75, 3.05) is 10.6 Å². The minimum absolute atomic E-state index is 0.275. The quantitative estimate of drug-likeness (QED) is 0.612. The predicted octanol–water partition coefficient (Wildman–Crippen LogP) is 4.92. The van der Waals surface area contributed by atoms with E-state index in [1.807, 2.05) is 6.07 Å². The second-order valence-corrected chi connectivity index (χ2v) is 7.06. The molecule has 8 heteroatoms. The maximum Gasteiger partial charge on any atom is 0.258 e. The van der Waals surface area contributed by atoms with Crippen LogP contribution in [0.3, 0.4) is 0 Å². The number of aromatic nitrogens is 1. The average molecular weight is 434 g/mol. The first kappa shape index (κ1) is 18.2. The summed E-state index contributed by atoms with van der Waals surface area (Å²) in [6, 6.07) is 11.4. The molecule has 1 aromatic heterocycles. The zero-order chi connectivity index (χ0) is 18.7. The van der Waals surface area contributed by atoms with Gasteiger partial charge in [-0.1, -0.05) is 12.1 Å². The molecule has 0 fully saturated rings. The van der Waals surface area contributed by atoms with Crippen LogP contribution in [0.15, 0.2) is 52.3 Å². The van der Waals surface area contributed by atoms with Gasteiger partial charge in [-0.2, -0.15) is 0 Å². The molecule has 0 aliphatic rings. The fourth-order valence-electron chi connectivity index (χ4n) is 2.27. The van der Waals surface area contributed by atoms with E-state index in [1.54, 1.807) is 29.6 Å². The fourth-order valence-corrected chi connectivity index (χ4v) is 3.44. The lowest BCUT2D eigenvalue weighted by Crippen LogP contribution is -2.12. The summed E-state index contributed by atoms with van der Waals surface area (Å²) in [6.45, 7) is 1.35. The molecule has 26 heavy (non-hydrogen) atoms. The number of anilines is 2. The summed E-state index contributed by atoms with van der Waals surface area (Å²) >= 11 is 4.53. The van der Waals surface area contributed by atoms with E-state index in [9.17, 15) is 14.0 Å². The van der Waals surface area contributed by atoms with Gasteiger partial charge >= 0.3 is 0 Å². The average Bonchev–Trinajstić information content (AvgIpc) is 3.03. The number of hydrogen-bond acceptors (Lipinski definition) is 4. The zero-order valence-corrected chi connectivity index (χ0v) is 15.9. The third kappa shape index (κ3) is 4.14. The summed E-state index contributed by atoms with van der Waals surface area (Å²) in [6.07, 6.45) is 0. The highest BCUT2D eigenvalue weighted by Crippen LogP contribution is 2.29. The molecular weight excluding hydrogens is 421 g/mol. The Bertz CT molecular complexity index is 990. The predicted molar refractivity (Wildman–Crippen MR) is 104 cm³/mol. The van der Waals surface area contributed by atoms with Gasteiger partial charge in [0.25, 0.3) is 5.91 Å². The van der Waals surface area contributed by atoms with Crippen LogP contribution in [0.5, 0.6) is 0 Å². The lowest BCUT2D eigenvalue weighted by atomic mass is 10.1. The van der Waals surface area contributed by atoms with E-state index in [4.69, 9.17) is 0 Å². The second-order valence-electron chi connectivity index (χ2n) is 5.35. The van der Waals surface area contributed by atoms with Gasteiger partial charge in [0.05, 0.1) is 11.3 Å². The molecule has 0 radical (unpaired) electrons. The minimum atomic E-state index is -0.509. The first-order chi connectivity index (χ1) is 12.4. The number of hydrogen-bond donors (Lipinski definition) is 2. The van der Waals surface area contributed by atoms with Crippen LogP contribution in [-0.2, 0) is 4.79 Å². The Morgan fingerprint density at radius 3 is 2.62 bits per heavy atom. The molecule has 0 saturated heterocycles. The van der Waals surface area contributed by atoms with E-state index in [-0.39, 0.29) is 17.4 Å². The van der Waals surface area contributed by atoms with Crippen LogP contribution in [0.25, 0.3) is 11.3 Å². The van der Waals surface area contributed by atoms with E-state index >= 15 is 0 Å². The van der Waals surface area contributed by atoms with Gasteiger partial charge in [-0.05, 0) is 46.3 Å². The highest BCUT2D eigenvalue weighted by molar-refractivity contribution is 9.10. The van der Waals surface area contributed by atoms with Gasteiger partial charge in [0.2, 0.25) is 5.91 Å². The number of nitrogens with zero attached hydrogens (tertiary/aromatic N) is 1. The van der Waals surface area contributed by atoms with Gasteiger partial charge in [0, 0.05) is 28.0 Å². The number of rotatable bonds is 4. The minimum Gasteiger partial charge on any atom is -0.326 e. The second kappa shape index (κ2) is 7.76. The van der Waals surface area contributed by atoms with Crippen LogP contribution in [0.4, 0.5) is 15.2 Å². The molecule has 2 amide bonds. The van der Waals surface area contributed by atoms with Gasteiger partial charge in [0.15, 0.2) is 5.13 Å². The van der Waals surface area contributed by atoms with Crippen molar-refractivity contribution < 1.29 is 14.0 Å². The third-order valence-electron chi connectivity index (χ3n) is 3.41. The molecule has 132 valence electrons. The van der Waals surface area contributed by atoms with Crippen molar-refractivity contribution in [3.8, 4) is 11.3 Å². The van der Waals surface area contributed by atoms with Gasteiger partial charge in [-0.3, -0.25) is 14.9 Å². The van der Waals surface area contributed by atoms with Crippen molar-refractivity contribution in [1.82, 2.24) is 4.98 Å². The molecule has 0 atom stereocenters. The monoisotopic (exact) mass is 433 g/mol. The van der Waals surface area contributed by atoms with Gasteiger partial charge in [-0.15, -0.1) is 11.3 Å². The fraction of sp³-hybridized carbons (Fsp3) is 0.0556. The summed E-state index contributed by atoms with van der Waals surface area (Å²) in [4.78, 5) is 27.6. The summed E-state index contributed by atoms with van der Waals surface area (Å²) in [7, 11) is 0. The van der Waals surface area contributed by atoms with Crippen molar-refractivity contribution >= 4 is 49.9 Å². The molecular formula is C18H13BrFN3O2S. The Morgan fingerprint density at radius 1 is 1.15 bits per heavy atom. The van der Waals surface area contributed by atoms with Crippen LogP contribution in [0, 0.1) is 5.82 Å². The first-order valence-electron chi connectivity index (χ1n) is 7.53. The smallest absolute Gasteiger partial charge is 0.258 e. The van der Waals surface area contributed by atoms with Crippen LogP contribution >= 0.6 is 27.3 Å². The first-order valence-corrected chi connectivity index (χ1v) is 9.20. The molecule has 5 nitrogen and oxygen atoms in total. The Kier molecular flexibility index (Phi) is 5.43. The van der Waals surface area contributed by atoms with Crippen molar-refractivity contribution in [3.63, 3.8) is 0 Å². The van der Waals surface area contributed by atoms with E-state index in [0.717, 1.165) is 0 Å². The summed E-state index contributed by atoms with van der Waals surface area (Å²) in [5, 5.41) is 7.25. The standard InChI is InChI=1S/C18H13BrFN3O2S/c1-10(24)21-11-6-7-13(15(20)8-11)16-9-26-18(22-16)23-17(25)12-4-2-3-5-14(12)19/h2-9H,1H3,(H,21,24)(H,22,23,25). The molecule has 3 aromatic rings. The number of benzene rings is 2. The Labute approximate surface area is 161 Å². The third-order valence-corrected chi connectivity index (χ3v) is 4.86. The molecule has 2 aromatic carbocycles. The van der Waals surface area contributed by atoms with Crippen LogP contribution in [0.2, 0.25) is 0 Å². The molecule has 0 aliphatic heterocycles. The largest absolute Gasteiger partial charge is 0.326 e. The van der Waals surface area contributed by atoms with Crippen molar-refractivity contribution in [2.24, 2.45) is 0 Å². The topological polar surface area (TPSA) is 71.1 Å². The molecule has 0 spiro atoms. The summed E-state index contributed by atoms with van der Waals surface area (Å²) in [5.41, 5.74) is 1.55. The Morgan fingerprint density at radius 2 is 1.92 bits per heavy atom. The molecule has 0 bridgehead atoms. The van der Waals surface area contributed by atoms with Gasteiger partial charge in [-0.25, -0.2) is 9.37 Å². The zero-order valence-electron chi connectivity index (χ0n) is 13.5. The number of halogens is 2. The Hall–Kier alpha value is -2.58. The number of carbonyl (C=O) groups is 2. The van der Waals surface area contributed by atoms with E-state index in [1.165, 1.54) is 30.4 Å². The summed E-state index contributed by atoms with van der Waals surface area (Å²) < 4.78 is 15.0. The molecule has 0 saturated carbocycles.